The minimum Gasteiger partial charge on any atom is -0.374 e. The van der Waals surface area contributed by atoms with Gasteiger partial charge in [0.25, 0.3) is 11.8 Å². The Morgan fingerprint density at radius 3 is 2.44 bits per heavy atom. The van der Waals surface area contributed by atoms with E-state index in [0.29, 0.717) is 17.5 Å². The van der Waals surface area contributed by atoms with Crippen LogP contribution in [0.3, 0.4) is 0 Å². The molecule has 3 heterocycles. The first-order chi connectivity index (χ1) is 12.1. The lowest BCUT2D eigenvalue weighted by Crippen LogP contribution is -2.55. The van der Waals surface area contributed by atoms with Gasteiger partial charge in [-0.2, -0.15) is 0 Å². The number of aliphatic hydroxyl groups is 1. The van der Waals surface area contributed by atoms with Crippen molar-refractivity contribution in [3.63, 3.8) is 0 Å². The summed E-state index contributed by atoms with van der Waals surface area (Å²) >= 11 is 0. The lowest BCUT2D eigenvalue weighted by Gasteiger charge is -2.31. The number of imide groups is 1. The van der Waals surface area contributed by atoms with E-state index in [2.05, 4.69) is 15.5 Å². The maximum atomic E-state index is 12.8. The summed E-state index contributed by atoms with van der Waals surface area (Å²) in [7, 11) is 0. The molecule has 1 aromatic rings. The molecule has 0 radical (unpaired) electrons. The fourth-order valence-electron chi connectivity index (χ4n) is 3.68. The summed E-state index contributed by atoms with van der Waals surface area (Å²) in [5, 5.41) is 15.2. The highest BCUT2D eigenvalue weighted by Crippen LogP contribution is 2.30. The number of benzene rings is 1. The summed E-state index contributed by atoms with van der Waals surface area (Å²) in [5.41, 5.74) is 1.59. The van der Waals surface area contributed by atoms with Gasteiger partial charge in [-0.25, -0.2) is 0 Å². The zero-order valence-corrected chi connectivity index (χ0v) is 13.7. The van der Waals surface area contributed by atoms with E-state index in [9.17, 15) is 19.5 Å². The van der Waals surface area contributed by atoms with Crippen LogP contribution < -0.4 is 15.5 Å². The second-order valence-electron chi connectivity index (χ2n) is 6.56. The molecule has 3 N–H and O–H groups in total. The fraction of sp³-hybridized carbons (Fsp3) is 0.471. The van der Waals surface area contributed by atoms with Gasteiger partial charge in [0, 0.05) is 31.9 Å². The van der Waals surface area contributed by atoms with E-state index in [1.165, 1.54) is 0 Å². The first kappa shape index (κ1) is 16.0. The number of nitrogens with one attached hydrogen (secondary N) is 2. The van der Waals surface area contributed by atoms with Crippen LogP contribution in [0.15, 0.2) is 18.2 Å². The van der Waals surface area contributed by atoms with E-state index >= 15 is 0 Å². The Bertz CT molecular complexity index is 744. The molecular weight excluding hydrogens is 324 g/mol. The van der Waals surface area contributed by atoms with E-state index in [0.717, 1.165) is 36.8 Å². The number of fused-ring (bicyclic) bond motifs is 1. The van der Waals surface area contributed by atoms with Gasteiger partial charge in [-0.05, 0) is 31.0 Å². The number of piperazine rings is 1. The number of anilines is 1. The molecule has 0 spiro atoms. The Hall–Kier alpha value is -2.45. The SMILES string of the molecule is O=C1NC(O)CCC1N1C(=O)c2ccc(N3CCNCC3)cc2C1=O. The van der Waals surface area contributed by atoms with Crippen LogP contribution in [-0.2, 0) is 4.79 Å². The van der Waals surface area contributed by atoms with E-state index < -0.39 is 30.0 Å². The maximum absolute atomic E-state index is 12.8. The van der Waals surface area contributed by atoms with Crippen LogP contribution in [0.25, 0.3) is 0 Å². The van der Waals surface area contributed by atoms with E-state index in [-0.39, 0.29) is 6.42 Å². The summed E-state index contributed by atoms with van der Waals surface area (Å²) in [6, 6.07) is 4.40. The summed E-state index contributed by atoms with van der Waals surface area (Å²) in [4.78, 5) is 40.8. The van der Waals surface area contributed by atoms with Crippen LogP contribution in [0.1, 0.15) is 33.6 Å². The highest BCUT2D eigenvalue weighted by Gasteiger charge is 2.44. The summed E-state index contributed by atoms with van der Waals surface area (Å²) in [5.74, 6) is -1.37. The third kappa shape index (κ3) is 2.67. The van der Waals surface area contributed by atoms with Crippen molar-refractivity contribution in [3.05, 3.63) is 29.3 Å². The minimum atomic E-state index is -0.918. The standard InChI is InChI=1S/C17H20N4O4/c22-14-4-3-13(15(23)19-14)21-16(24)11-2-1-10(9-12(11)17(21)25)20-7-5-18-6-8-20/h1-2,9,13-14,18,22H,3-8H2,(H,19,23). The molecule has 2 unspecified atom stereocenters. The average Bonchev–Trinajstić information content (AvgIpc) is 2.87. The van der Waals surface area contributed by atoms with Gasteiger partial charge in [0.1, 0.15) is 12.3 Å². The van der Waals surface area contributed by atoms with E-state index in [4.69, 9.17) is 0 Å². The number of carbonyl (C=O) groups excluding carboxylic acids is 3. The van der Waals surface area contributed by atoms with Crippen molar-refractivity contribution in [2.75, 3.05) is 31.1 Å². The van der Waals surface area contributed by atoms with Crippen LogP contribution in [0.2, 0.25) is 0 Å². The van der Waals surface area contributed by atoms with Gasteiger partial charge in [-0.1, -0.05) is 0 Å². The molecule has 2 fully saturated rings. The molecule has 3 amide bonds. The van der Waals surface area contributed by atoms with Crippen molar-refractivity contribution < 1.29 is 19.5 Å². The molecule has 0 bridgehead atoms. The Balaban J connectivity index is 1.62. The lowest BCUT2D eigenvalue weighted by molar-refractivity contribution is -0.131. The van der Waals surface area contributed by atoms with Gasteiger partial charge in [0.15, 0.2) is 0 Å². The predicted octanol–water partition coefficient (Wildman–Crippen LogP) is -0.711. The molecule has 0 aliphatic carbocycles. The highest BCUT2D eigenvalue weighted by atomic mass is 16.3. The van der Waals surface area contributed by atoms with Gasteiger partial charge in [-0.15, -0.1) is 0 Å². The van der Waals surface area contributed by atoms with E-state index in [1.807, 2.05) is 6.07 Å². The van der Waals surface area contributed by atoms with Gasteiger partial charge in [0.2, 0.25) is 5.91 Å². The fourth-order valence-corrected chi connectivity index (χ4v) is 3.68. The van der Waals surface area contributed by atoms with Crippen molar-refractivity contribution >= 4 is 23.4 Å². The van der Waals surface area contributed by atoms with Crippen molar-refractivity contribution in [3.8, 4) is 0 Å². The second kappa shape index (κ2) is 6.12. The van der Waals surface area contributed by atoms with Crippen LogP contribution in [-0.4, -0.2) is 66.2 Å². The quantitative estimate of drug-likeness (QED) is 0.613. The molecule has 2 atom stereocenters. The van der Waals surface area contributed by atoms with Gasteiger partial charge in [0.05, 0.1) is 11.1 Å². The zero-order valence-electron chi connectivity index (χ0n) is 13.7. The molecule has 25 heavy (non-hydrogen) atoms. The number of nitrogens with zero attached hydrogens (tertiary/aromatic N) is 2. The van der Waals surface area contributed by atoms with Crippen molar-refractivity contribution in [2.45, 2.75) is 25.1 Å². The first-order valence-electron chi connectivity index (χ1n) is 8.52. The van der Waals surface area contributed by atoms with Crippen molar-refractivity contribution in [1.29, 1.82) is 0 Å². The summed E-state index contributed by atoms with van der Waals surface area (Å²) in [6.45, 7) is 3.43. The molecule has 0 saturated carbocycles. The second-order valence-corrected chi connectivity index (χ2v) is 6.56. The number of piperidine rings is 1. The number of amides is 3. The van der Waals surface area contributed by atoms with Crippen molar-refractivity contribution in [2.24, 2.45) is 0 Å². The molecule has 2 saturated heterocycles. The third-order valence-electron chi connectivity index (χ3n) is 5.02. The Morgan fingerprint density at radius 1 is 1.00 bits per heavy atom. The Labute approximate surface area is 144 Å². The van der Waals surface area contributed by atoms with Crippen LogP contribution in [0.4, 0.5) is 5.69 Å². The molecule has 132 valence electrons. The molecule has 8 nitrogen and oxygen atoms in total. The molecule has 3 aliphatic rings. The number of aliphatic hydroxyl groups excluding tert-OH is 1. The maximum Gasteiger partial charge on any atom is 0.262 e. The number of hydrogen-bond acceptors (Lipinski definition) is 6. The molecular formula is C17H20N4O4. The number of rotatable bonds is 2. The number of hydrogen-bond donors (Lipinski definition) is 3. The summed E-state index contributed by atoms with van der Waals surface area (Å²) in [6.07, 6.45) is -0.336. The largest absolute Gasteiger partial charge is 0.374 e. The van der Waals surface area contributed by atoms with Crippen LogP contribution >= 0.6 is 0 Å². The van der Waals surface area contributed by atoms with Crippen LogP contribution in [0.5, 0.6) is 0 Å². The third-order valence-corrected chi connectivity index (χ3v) is 5.02. The first-order valence-corrected chi connectivity index (χ1v) is 8.52. The topological polar surface area (TPSA) is 102 Å². The van der Waals surface area contributed by atoms with Crippen LogP contribution in [0, 0.1) is 0 Å². The predicted molar refractivity (Wildman–Crippen MR) is 89.2 cm³/mol. The molecule has 1 aromatic carbocycles. The monoisotopic (exact) mass is 344 g/mol. The summed E-state index contributed by atoms with van der Waals surface area (Å²) < 4.78 is 0. The van der Waals surface area contributed by atoms with Gasteiger partial charge >= 0.3 is 0 Å². The zero-order chi connectivity index (χ0) is 17.6. The molecule has 3 aliphatic heterocycles. The van der Waals surface area contributed by atoms with Gasteiger partial charge < -0.3 is 20.6 Å². The number of carbonyl (C=O) groups is 3. The normalized spacial score (nSPS) is 26.7. The van der Waals surface area contributed by atoms with E-state index in [1.54, 1.807) is 12.1 Å². The average molecular weight is 344 g/mol. The lowest BCUT2D eigenvalue weighted by atomic mass is 10.0. The minimum absolute atomic E-state index is 0.267. The molecule has 4 rings (SSSR count). The van der Waals surface area contributed by atoms with Crippen molar-refractivity contribution in [1.82, 2.24) is 15.5 Å². The molecule has 8 heteroatoms. The Morgan fingerprint density at radius 2 is 1.72 bits per heavy atom. The molecule has 0 aromatic heterocycles. The smallest absolute Gasteiger partial charge is 0.262 e. The van der Waals surface area contributed by atoms with Gasteiger partial charge in [-0.3, -0.25) is 19.3 Å². The highest BCUT2D eigenvalue weighted by molar-refractivity contribution is 6.23. The Kier molecular flexibility index (Phi) is 3.93.